The zero-order valence-corrected chi connectivity index (χ0v) is 13.9. The molecule has 0 aromatic carbocycles. The second-order valence-corrected chi connectivity index (χ2v) is 8.10. The van der Waals surface area contributed by atoms with Gasteiger partial charge in [0.15, 0.2) is 0 Å². The zero-order chi connectivity index (χ0) is 16.1. The maximum atomic E-state index is 5.02. The largest absolute Gasteiger partial charge is 0.259 e. The van der Waals surface area contributed by atoms with Crippen molar-refractivity contribution in [3.63, 3.8) is 0 Å². The van der Waals surface area contributed by atoms with E-state index in [4.69, 9.17) is 20.2 Å². The van der Waals surface area contributed by atoms with E-state index in [1.54, 1.807) is 0 Å². The van der Waals surface area contributed by atoms with E-state index < -0.39 is 0 Å². The third-order valence-electron chi connectivity index (χ3n) is 7.32. The Hall–Kier alpha value is -2.10. The van der Waals surface area contributed by atoms with Gasteiger partial charge in [-0.15, -0.1) is 0 Å². The van der Waals surface area contributed by atoms with Crippen molar-refractivity contribution in [2.24, 2.45) is 45.7 Å². The third-order valence-corrected chi connectivity index (χ3v) is 7.32. The summed E-state index contributed by atoms with van der Waals surface area (Å²) in [6.45, 7) is 4.74. The highest BCUT2D eigenvalue weighted by atomic mass is 15.3. The quantitative estimate of drug-likeness (QED) is 0.846. The Morgan fingerprint density at radius 2 is 1.08 bits per heavy atom. The summed E-state index contributed by atoms with van der Waals surface area (Å²) in [6.07, 6.45) is 3.80. The second kappa shape index (κ2) is 3.93. The predicted octanol–water partition coefficient (Wildman–Crippen LogP) is 3.81. The SMILES string of the molecule is CC1[C@@H]2[C@H]1C1(c3ccccn3)N=NC2(c2ccccn2)[C@H]2C(C)[C@H]21. The number of hydrogen-bond donors (Lipinski definition) is 0. The molecule has 0 spiro atoms. The first kappa shape index (κ1) is 13.2. The van der Waals surface area contributed by atoms with E-state index in [9.17, 15) is 0 Å². The van der Waals surface area contributed by atoms with Gasteiger partial charge in [0.05, 0.1) is 11.4 Å². The van der Waals surface area contributed by atoms with E-state index >= 15 is 0 Å². The number of hydrogen-bond acceptors (Lipinski definition) is 4. The van der Waals surface area contributed by atoms with Crippen molar-refractivity contribution in [1.82, 2.24) is 9.97 Å². The van der Waals surface area contributed by atoms with Crippen LogP contribution in [0.15, 0.2) is 59.0 Å². The van der Waals surface area contributed by atoms with E-state index in [1.165, 1.54) is 0 Å². The molecule has 2 aliphatic heterocycles. The number of azo groups is 1. The van der Waals surface area contributed by atoms with Crippen LogP contribution in [0.25, 0.3) is 0 Å². The Bertz CT molecular complexity index is 755. The van der Waals surface area contributed by atoms with Crippen LogP contribution >= 0.6 is 0 Å². The summed E-state index contributed by atoms with van der Waals surface area (Å²) < 4.78 is 0. The van der Waals surface area contributed by atoms with Gasteiger partial charge in [-0.25, -0.2) is 0 Å². The maximum absolute atomic E-state index is 5.02. The van der Waals surface area contributed by atoms with Crippen LogP contribution in [-0.4, -0.2) is 9.97 Å². The Morgan fingerprint density at radius 1 is 0.667 bits per heavy atom. The van der Waals surface area contributed by atoms with Crippen LogP contribution < -0.4 is 0 Å². The molecule has 2 bridgehead atoms. The number of aromatic nitrogens is 2. The van der Waals surface area contributed by atoms with Crippen molar-refractivity contribution < 1.29 is 0 Å². The fourth-order valence-electron chi connectivity index (χ4n) is 6.49. The normalized spacial score (nSPS) is 49.4. The average Bonchev–Trinajstić information content (AvgIpc) is 3.55. The molecule has 4 heterocycles. The number of rotatable bonds is 2. The average molecular weight is 316 g/mol. The molecule has 7 rings (SSSR count). The topological polar surface area (TPSA) is 50.5 Å². The predicted molar refractivity (Wildman–Crippen MR) is 89.0 cm³/mol. The molecule has 5 aliphatic rings. The molecule has 3 fully saturated rings. The summed E-state index contributed by atoms with van der Waals surface area (Å²) >= 11 is 0. The molecule has 8 atom stereocenters. The van der Waals surface area contributed by atoms with Crippen molar-refractivity contribution in [3.05, 3.63) is 60.2 Å². The van der Waals surface area contributed by atoms with Crippen molar-refractivity contribution in [2.75, 3.05) is 0 Å². The van der Waals surface area contributed by atoms with Crippen LogP contribution in [0.2, 0.25) is 0 Å². The van der Waals surface area contributed by atoms with Crippen LogP contribution in [0.3, 0.4) is 0 Å². The highest BCUT2D eigenvalue weighted by molar-refractivity contribution is 5.44. The van der Waals surface area contributed by atoms with Gasteiger partial charge < -0.3 is 0 Å². The minimum atomic E-state index is -0.189. The van der Waals surface area contributed by atoms with E-state index in [2.05, 4.69) is 38.1 Å². The molecule has 0 radical (unpaired) electrons. The lowest BCUT2D eigenvalue weighted by Crippen LogP contribution is -2.47. The Labute approximate surface area is 141 Å². The van der Waals surface area contributed by atoms with Gasteiger partial charge in [-0.05, 0) is 36.1 Å². The van der Waals surface area contributed by atoms with Crippen LogP contribution in [0, 0.1) is 35.5 Å². The van der Waals surface area contributed by atoms with Crippen LogP contribution in [0.1, 0.15) is 25.2 Å². The first-order chi connectivity index (χ1) is 11.7. The molecule has 2 aromatic heterocycles. The summed E-state index contributed by atoms with van der Waals surface area (Å²) in [5, 5.41) is 10.0. The lowest BCUT2D eigenvalue weighted by atomic mass is 9.68. The van der Waals surface area contributed by atoms with Crippen LogP contribution in [0.4, 0.5) is 0 Å². The smallest absolute Gasteiger partial charge is 0.130 e. The van der Waals surface area contributed by atoms with Crippen molar-refractivity contribution in [1.29, 1.82) is 0 Å². The Balaban J connectivity index is 1.60. The lowest BCUT2D eigenvalue weighted by molar-refractivity contribution is 0.104. The molecule has 3 saturated carbocycles. The molecule has 4 unspecified atom stereocenters. The van der Waals surface area contributed by atoms with Gasteiger partial charge in [-0.2, -0.15) is 10.2 Å². The van der Waals surface area contributed by atoms with Gasteiger partial charge in [0, 0.05) is 36.1 Å². The zero-order valence-electron chi connectivity index (χ0n) is 13.9. The fourth-order valence-corrected chi connectivity index (χ4v) is 6.49. The first-order valence-corrected chi connectivity index (χ1v) is 9.00. The summed E-state index contributed by atoms with van der Waals surface area (Å²) in [4.78, 5) is 9.44. The van der Waals surface area contributed by atoms with Crippen molar-refractivity contribution in [2.45, 2.75) is 24.9 Å². The second-order valence-electron chi connectivity index (χ2n) is 8.10. The standard InChI is InChI=1S/C20H20N4/c1-11-15-16(11)20(14-8-4-6-10-22-14)18-12(2)17(18)19(15,23-24-20)13-7-3-5-9-21-13/h3-12,15-18H,1-2H3/t11?,12?,15-,16+,17+,18-,19?,20?. The monoisotopic (exact) mass is 316 g/mol. The van der Waals surface area contributed by atoms with Crippen LogP contribution in [0.5, 0.6) is 0 Å². The highest BCUT2D eigenvalue weighted by Gasteiger charge is 2.87. The Kier molecular flexibility index (Phi) is 2.16. The molecular formula is C20H20N4. The van der Waals surface area contributed by atoms with E-state index in [0.717, 1.165) is 11.4 Å². The molecule has 24 heavy (non-hydrogen) atoms. The summed E-state index contributed by atoms with van der Waals surface area (Å²) in [5.74, 6) is 3.47. The van der Waals surface area contributed by atoms with Gasteiger partial charge in [0.1, 0.15) is 11.1 Å². The van der Waals surface area contributed by atoms with Crippen molar-refractivity contribution in [3.8, 4) is 0 Å². The fraction of sp³-hybridized carbons (Fsp3) is 0.500. The molecule has 3 aliphatic carbocycles. The van der Waals surface area contributed by atoms with Gasteiger partial charge in [0.2, 0.25) is 0 Å². The summed E-state index contributed by atoms with van der Waals surface area (Å²) in [7, 11) is 0. The maximum Gasteiger partial charge on any atom is 0.130 e. The van der Waals surface area contributed by atoms with Gasteiger partial charge >= 0.3 is 0 Å². The molecular weight excluding hydrogens is 296 g/mol. The highest BCUT2D eigenvalue weighted by Crippen LogP contribution is 2.84. The van der Waals surface area contributed by atoms with E-state index in [1.807, 2.05) is 24.5 Å². The molecule has 2 aromatic rings. The van der Waals surface area contributed by atoms with Gasteiger partial charge in [0.25, 0.3) is 0 Å². The van der Waals surface area contributed by atoms with E-state index in [0.29, 0.717) is 35.5 Å². The molecule has 0 N–H and O–H groups in total. The molecule has 0 saturated heterocycles. The van der Waals surface area contributed by atoms with Crippen LogP contribution in [-0.2, 0) is 11.1 Å². The summed E-state index contributed by atoms with van der Waals surface area (Å²) in [6, 6.07) is 12.5. The Morgan fingerprint density at radius 3 is 1.42 bits per heavy atom. The molecule has 120 valence electrons. The number of pyridine rings is 2. The van der Waals surface area contributed by atoms with Gasteiger partial charge in [-0.1, -0.05) is 26.0 Å². The minimum Gasteiger partial charge on any atom is -0.259 e. The summed E-state index contributed by atoms with van der Waals surface area (Å²) in [5.41, 5.74) is 1.88. The number of nitrogens with zero attached hydrogens (tertiary/aromatic N) is 4. The van der Waals surface area contributed by atoms with Crippen molar-refractivity contribution >= 4 is 0 Å². The third kappa shape index (κ3) is 1.20. The molecule has 4 nitrogen and oxygen atoms in total. The van der Waals surface area contributed by atoms with Gasteiger partial charge in [-0.3, -0.25) is 9.97 Å². The minimum absolute atomic E-state index is 0.189. The lowest BCUT2D eigenvalue weighted by Gasteiger charge is -2.44. The molecule has 0 amide bonds. The van der Waals surface area contributed by atoms with E-state index in [-0.39, 0.29) is 11.1 Å². The molecule has 4 heteroatoms. The first-order valence-electron chi connectivity index (χ1n) is 9.00.